The second-order valence-corrected chi connectivity index (χ2v) is 3.50. The van der Waals surface area contributed by atoms with Gasteiger partial charge in [0.05, 0.1) is 18.6 Å². The van der Waals surface area contributed by atoms with Crippen LogP contribution in [-0.4, -0.2) is 29.9 Å². The molecule has 13 heavy (non-hydrogen) atoms. The van der Waals surface area contributed by atoms with Crippen LogP contribution in [0.2, 0.25) is 0 Å². The Morgan fingerprint density at radius 3 is 1.54 bits per heavy atom. The molecule has 0 aromatic carbocycles. The monoisotopic (exact) mass is 191 g/mol. The van der Waals surface area contributed by atoms with Crippen molar-refractivity contribution in [3.8, 4) is 0 Å². The van der Waals surface area contributed by atoms with Crippen LogP contribution in [0.3, 0.4) is 0 Å². The minimum atomic E-state index is -2.08. The third kappa shape index (κ3) is 11.2. The van der Waals surface area contributed by atoms with E-state index >= 15 is 0 Å². The van der Waals surface area contributed by atoms with Gasteiger partial charge in [0.15, 0.2) is 0 Å². The lowest BCUT2D eigenvalue weighted by atomic mass is 10.2. The normalized spacial score (nSPS) is 10.2. The topological polar surface area (TPSA) is 64.8 Å². The molecular weight excluding hydrogens is 170 g/mol. The zero-order valence-corrected chi connectivity index (χ0v) is 9.13. The van der Waals surface area contributed by atoms with E-state index in [1.807, 2.05) is 0 Å². The van der Waals surface area contributed by atoms with Crippen molar-refractivity contribution in [2.75, 3.05) is 6.54 Å². The van der Waals surface area contributed by atoms with Crippen LogP contribution in [0.1, 0.15) is 34.6 Å². The van der Waals surface area contributed by atoms with Crippen LogP contribution in [-0.2, 0) is 0 Å². The quantitative estimate of drug-likeness (QED) is 0.637. The summed E-state index contributed by atoms with van der Waals surface area (Å²) in [6.45, 7) is 12.6. The van der Waals surface area contributed by atoms with Gasteiger partial charge in [-0.3, -0.25) is 0 Å². The summed E-state index contributed by atoms with van der Waals surface area (Å²) in [5, 5.41) is 15.3. The maximum Gasteiger partial charge on any atom is 0.249 e. The molecule has 4 nitrogen and oxygen atoms in total. The number of hydrogen-bond donors (Lipinski definition) is 2. The molecule has 0 aromatic rings. The number of nitrogens with one attached hydrogen (secondary N) is 1. The minimum absolute atomic E-state index is 0.773. The lowest BCUT2D eigenvalue weighted by molar-refractivity contribution is -0.940. The zero-order valence-electron chi connectivity index (χ0n) is 9.13. The highest BCUT2D eigenvalue weighted by Gasteiger charge is 2.12. The van der Waals surface area contributed by atoms with Crippen LogP contribution in [0.25, 0.3) is 0 Å². The summed E-state index contributed by atoms with van der Waals surface area (Å²) in [5.41, 5.74) is 0. The number of quaternary nitrogens is 1. The van der Waals surface area contributed by atoms with Gasteiger partial charge >= 0.3 is 0 Å². The van der Waals surface area contributed by atoms with Crippen molar-refractivity contribution in [2.24, 2.45) is 0 Å². The average Bonchev–Trinajstić information content (AvgIpc) is 1.84. The van der Waals surface area contributed by atoms with Crippen molar-refractivity contribution < 1.29 is 19.9 Å². The lowest BCUT2D eigenvalue weighted by Crippen LogP contribution is -3.17. The Balaban J connectivity index is 0. The summed E-state index contributed by atoms with van der Waals surface area (Å²) >= 11 is 0. The van der Waals surface area contributed by atoms with Crippen molar-refractivity contribution in [2.45, 2.75) is 46.7 Å². The second-order valence-electron chi connectivity index (χ2n) is 3.50. The van der Waals surface area contributed by atoms with Gasteiger partial charge in [-0.05, 0) is 34.6 Å². The molecule has 0 aromatic heterocycles. The van der Waals surface area contributed by atoms with E-state index in [0.717, 1.165) is 12.1 Å². The van der Waals surface area contributed by atoms with Gasteiger partial charge in [-0.25, -0.2) is 0 Å². The fraction of sp³-hybridized carbons (Fsp3) is 0.889. The van der Waals surface area contributed by atoms with E-state index in [4.69, 9.17) is 15.0 Å². The average molecular weight is 191 g/mol. The number of rotatable bonds is 3. The Bertz CT molecular complexity index is 123. The fourth-order valence-electron chi connectivity index (χ4n) is 1.48. The van der Waals surface area contributed by atoms with Gasteiger partial charge < -0.3 is 19.9 Å². The largest absolute Gasteiger partial charge is 0.565 e. The van der Waals surface area contributed by atoms with Crippen LogP contribution in [0.15, 0.2) is 0 Å². The molecule has 0 radical (unpaired) electrons. The summed E-state index contributed by atoms with van der Waals surface area (Å²) < 4.78 is 0. The summed E-state index contributed by atoms with van der Waals surface area (Å²) in [5.74, 6) is 0. The highest BCUT2D eigenvalue weighted by molar-refractivity contribution is 5.50. The Morgan fingerprint density at radius 1 is 1.31 bits per heavy atom. The molecular formula is C9H21NO3. The first-order chi connectivity index (χ1) is 5.82. The molecule has 0 saturated heterocycles. The number of carboxylic acid groups (broad SMARTS) is 2. The number of carbonyl (C=O) groups is 1. The Kier molecular flexibility index (Phi) is 8.91. The molecule has 0 bridgehead atoms. The minimum Gasteiger partial charge on any atom is -0.565 e. The molecule has 0 aliphatic rings. The summed E-state index contributed by atoms with van der Waals surface area (Å²) in [4.78, 5) is 10.1. The third-order valence-corrected chi connectivity index (χ3v) is 1.89. The van der Waals surface area contributed by atoms with Crippen molar-refractivity contribution in [3.63, 3.8) is 0 Å². The highest BCUT2D eigenvalue weighted by atomic mass is 16.6. The van der Waals surface area contributed by atoms with E-state index < -0.39 is 6.16 Å². The van der Waals surface area contributed by atoms with Crippen LogP contribution in [0, 0.1) is 0 Å². The Hall–Kier alpha value is -0.770. The third-order valence-electron chi connectivity index (χ3n) is 1.89. The van der Waals surface area contributed by atoms with Crippen LogP contribution in [0.4, 0.5) is 4.79 Å². The van der Waals surface area contributed by atoms with E-state index in [2.05, 4.69) is 34.6 Å². The fourth-order valence-corrected chi connectivity index (χ4v) is 1.48. The molecule has 0 aliphatic carbocycles. The summed E-state index contributed by atoms with van der Waals surface area (Å²) in [6, 6.07) is 1.55. The first kappa shape index (κ1) is 14.7. The van der Waals surface area contributed by atoms with Crippen molar-refractivity contribution >= 4 is 6.16 Å². The maximum absolute atomic E-state index is 8.44. The molecule has 0 saturated carbocycles. The van der Waals surface area contributed by atoms with E-state index in [9.17, 15) is 0 Å². The predicted molar refractivity (Wildman–Crippen MR) is 49.8 cm³/mol. The molecule has 0 rings (SSSR count). The molecule has 2 N–H and O–H groups in total. The van der Waals surface area contributed by atoms with Crippen molar-refractivity contribution in [1.29, 1.82) is 0 Å². The van der Waals surface area contributed by atoms with Crippen molar-refractivity contribution in [3.05, 3.63) is 0 Å². The van der Waals surface area contributed by atoms with E-state index in [0.29, 0.717) is 0 Å². The first-order valence-corrected chi connectivity index (χ1v) is 4.58. The second kappa shape index (κ2) is 7.86. The maximum atomic E-state index is 8.44. The van der Waals surface area contributed by atoms with Gasteiger partial charge in [0.1, 0.15) is 0 Å². The molecule has 0 fully saturated rings. The number of hydrogen-bond acceptors (Lipinski definition) is 2. The molecule has 0 atom stereocenters. The van der Waals surface area contributed by atoms with Crippen LogP contribution in [0.5, 0.6) is 0 Å². The van der Waals surface area contributed by atoms with Gasteiger partial charge in [-0.1, -0.05) is 0 Å². The van der Waals surface area contributed by atoms with Crippen LogP contribution >= 0.6 is 0 Å². The molecule has 0 unspecified atom stereocenters. The summed E-state index contributed by atoms with van der Waals surface area (Å²) in [7, 11) is 0. The Morgan fingerprint density at radius 2 is 1.54 bits per heavy atom. The molecule has 80 valence electrons. The molecule has 4 heteroatoms. The van der Waals surface area contributed by atoms with Gasteiger partial charge in [0.25, 0.3) is 0 Å². The SMILES string of the molecule is CC[NH+](C(C)C)C(C)C.O=C([O-])O. The highest BCUT2D eigenvalue weighted by Crippen LogP contribution is 1.74. The lowest BCUT2D eigenvalue weighted by Gasteiger charge is -2.25. The smallest absolute Gasteiger partial charge is 0.249 e. The Labute approximate surface area is 80.2 Å². The standard InChI is InChI=1S/C8H19N.CH2O3/c1-6-9(7(2)3)8(4)5;2-1(3)4/h7-8H,6H2,1-5H3;(H2,2,3,4). The van der Waals surface area contributed by atoms with Gasteiger partial charge in [0, 0.05) is 0 Å². The molecule has 0 heterocycles. The van der Waals surface area contributed by atoms with E-state index in [-0.39, 0.29) is 0 Å². The summed E-state index contributed by atoms with van der Waals surface area (Å²) in [6.07, 6.45) is -2.08. The van der Waals surface area contributed by atoms with Crippen LogP contribution < -0.4 is 10.0 Å². The van der Waals surface area contributed by atoms with E-state index in [1.165, 1.54) is 6.54 Å². The van der Waals surface area contributed by atoms with Gasteiger partial charge in [-0.15, -0.1) is 0 Å². The molecule has 0 aliphatic heterocycles. The van der Waals surface area contributed by atoms with Crippen molar-refractivity contribution in [1.82, 2.24) is 0 Å². The van der Waals surface area contributed by atoms with E-state index in [1.54, 1.807) is 4.90 Å². The molecule has 0 spiro atoms. The molecule has 0 amide bonds. The zero-order chi connectivity index (χ0) is 11.0. The first-order valence-electron chi connectivity index (χ1n) is 4.58. The van der Waals surface area contributed by atoms with Gasteiger partial charge in [-0.2, -0.15) is 0 Å². The predicted octanol–water partition coefficient (Wildman–Crippen LogP) is -0.404. The van der Waals surface area contributed by atoms with Gasteiger partial charge in [0.2, 0.25) is 6.16 Å².